The first-order chi connectivity index (χ1) is 7.53. The summed E-state index contributed by atoms with van der Waals surface area (Å²) in [6.45, 7) is 2.08. The van der Waals surface area contributed by atoms with Crippen LogP contribution in [0.1, 0.15) is 37.3 Å². The summed E-state index contributed by atoms with van der Waals surface area (Å²) in [6.07, 6.45) is -2.04. The molecular formula is C13H17F3. The van der Waals surface area contributed by atoms with Gasteiger partial charge in [-0.05, 0) is 30.4 Å². The Kier molecular flexibility index (Phi) is 4.84. The standard InChI is InChI=1S/C13H17F3/c1-2-6-11-7-3-4-8-12(11)9-5-10-13(14,15)16/h3-4,7-8H,2,5-6,9-10H2,1H3. The van der Waals surface area contributed by atoms with E-state index in [2.05, 4.69) is 6.92 Å². The third-order valence-corrected chi connectivity index (χ3v) is 2.54. The largest absolute Gasteiger partial charge is 0.389 e. The van der Waals surface area contributed by atoms with E-state index in [9.17, 15) is 13.2 Å². The summed E-state index contributed by atoms with van der Waals surface area (Å²) in [4.78, 5) is 0. The predicted octanol–water partition coefficient (Wildman–Crippen LogP) is 4.52. The van der Waals surface area contributed by atoms with Crippen molar-refractivity contribution in [1.82, 2.24) is 0 Å². The van der Waals surface area contributed by atoms with Crippen LogP contribution < -0.4 is 0 Å². The summed E-state index contributed by atoms with van der Waals surface area (Å²) in [6, 6.07) is 7.77. The Bertz CT molecular complexity index is 315. The second kappa shape index (κ2) is 5.92. The van der Waals surface area contributed by atoms with Gasteiger partial charge in [0.2, 0.25) is 0 Å². The van der Waals surface area contributed by atoms with Crippen LogP contribution in [0.15, 0.2) is 24.3 Å². The number of halogens is 3. The molecule has 0 aromatic heterocycles. The van der Waals surface area contributed by atoms with Crippen LogP contribution >= 0.6 is 0 Å². The molecular weight excluding hydrogens is 213 g/mol. The van der Waals surface area contributed by atoms with Crippen LogP contribution in [-0.4, -0.2) is 6.18 Å². The van der Waals surface area contributed by atoms with Crippen LogP contribution in [0, 0.1) is 0 Å². The highest BCUT2D eigenvalue weighted by Gasteiger charge is 2.26. The maximum atomic E-state index is 12.0. The van der Waals surface area contributed by atoms with Crippen LogP contribution in [0.5, 0.6) is 0 Å². The summed E-state index contributed by atoms with van der Waals surface area (Å²) < 4.78 is 36.0. The highest BCUT2D eigenvalue weighted by atomic mass is 19.4. The molecule has 0 atom stereocenters. The van der Waals surface area contributed by atoms with Crippen LogP contribution in [0.3, 0.4) is 0 Å². The number of alkyl halides is 3. The van der Waals surface area contributed by atoms with Gasteiger partial charge >= 0.3 is 6.18 Å². The molecule has 0 saturated carbocycles. The lowest BCUT2D eigenvalue weighted by molar-refractivity contribution is -0.135. The maximum Gasteiger partial charge on any atom is 0.389 e. The average molecular weight is 230 g/mol. The van der Waals surface area contributed by atoms with Crippen molar-refractivity contribution < 1.29 is 13.2 Å². The Morgan fingerprint density at radius 3 is 2.06 bits per heavy atom. The fourth-order valence-corrected chi connectivity index (χ4v) is 1.79. The van der Waals surface area contributed by atoms with Crippen LogP contribution in [0.2, 0.25) is 0 Å². The molecule has 0 spiro atoms. The first-order valence-corrected chi connectivity index (χ1v) is 5.66. The van der Waals surface area contributed by atoms with Gasteiger partial charge < -0.3 is 0 Å². The number of benzene rings is 1. The maximum absolute atomic E-state index is 12.0. The molecule has 1 aromatic carbocycles. The van der Waals surface area contributed by atoms with Gasteiger partial charge in [0.25, 0.3) is 0 Å². The Labute approximate surface area is 94.5 Å². The number of hydrogen-bond donors (Lipinski definition) is 0. The number of hydrogen-bond acceptors (Lipinski definition) is 0. The lowest BCUT2D eigenvalue weighted by atomic mass is 9.99. The van der Waals surface area contributed by atoms with E-state index in [-0.39, 0.29) is 6.42 Å². The number of aryl methyl sites for hydroxylation is 2. The zero-order valence-electron chi connectivity index (χ0n) is 9.48. The summed E-state index contributed by atoms with van der Waals surface area (Å²) in [5, 5.41) is 0. The van der Waals surface area contributed by atoms with Crippen molar-refractivity contribution in [2.75, 3.05) is 0 Å². The minimum atomic E-state index is -4.03. The summed E-state index contributed by atoms with van der Waals surface area (Å²) >= 11 is 0. The number of rotatable bonds is 5. The molecule has 90 valence electrons. The fourth-order valence-electron chi connectivity index (χ4n) is 1.79. The molecule has 0 radical (unpaired) electrons. The van der Waals surface area contributed by atoms with E-state index in [1.54, 1.807) is 0 Å². The first kappa shape index (κ1) is 13.1. The minimum absolute atomic E-state index is 0.185. The van der Waals surface area contributed by atoms with Crippen molar-refractivity contribution in [2.45, 2.75) is 45.2 Å². The Morgan fingerprint density at radius 2 is 1.56 bits per heavy atom. The van der Waals surface area contributed by atoms with Crippen LogP contribution in [0.4, 0.5) is 13.2 Å². The molecule has 0 fully saturated rings. The van der Waals surface area contributed by atoms with E-state index in [4.69, 9.17) is 0 Å². The van der Waals surface area contributed by atoms with Crippen molar-refractivity contribution in [2.24, 2.45) is 0 Å². The summed E-state index contributed by atoms with van der Waals surface area (Å²) in [5.74, 6) is 0. The van der Waals surface area contributed by atoms with E-state index in [1.165, 1.54) is 5.56 Å². The van der Waals surface area contributed by atoms with Gasteiger partial charge in [-0.1, -0.05) is 37.6 Å². The SMILES string of the molecule is CCCc1ccccc1CCCC(F)(F)F. The zero-order chi connectivity index (χ0) is 12.0. The average Bonchev–Trinajstić information content (AvgIpc) is 2.19. The lowest BCUT2D eigenvalue weighted by Gasteiger charge is -2.09. The molecule has 0 heterocycles. The molecule has 0 saturated heterocycles. The molecule has 3 heteroatoms. The molecule has 1 rings (SSSR count). The van der Waals surface area contributed by atoms with Gasteiger partial charge in [-0.3, -0.25) is 0 Å². The molecule has 0 amide bonds. The molecule has 0 aliphatic carbocycles. The van der Waals surface area contributed by atoms with Gasteiger partial charge in [0.05, 0.1) is 0 Å². The summed E-state index contributed by atoms with van der Waals surface area (Å²) in [5.41, 5.74) is 2.25. The van der Waals surface area contributed by atoms with Crippen molar-refractivity contribution in [3.05, 3.63) is 35.4 Å². The molecule has 0 unspecified atom stereocenters. The molecule has 1 aromatic rings. The van der Waals surface area contributed by atoms with Gasteiger partial charge in [0, 0.05) is 6.42 Å². The van der Waals surface area contributed by atoms with E-state index in [1.807, 2.05) is 24.3 Å². The van der Waals surface area contributed by atoms with Gasteiger partial charge in [-0.25, -0.2) is 0 Å². The fraction of sp³-hybridized carbons (Fsp3) is 0.538. The Hall–Kier alpha value is -0.990. The highest BCUT2D eigenvalue weighted by Crippen LogP contribution is 2.23. The third kappa shape index (κ3) is 4.69. The Morgan fingerprint density at radius 1 is 1.00 bits per heavy atom. The van der Waals surface area contributed by atoms with E-state index < -0.39 is 12.6 Å². The van der Waals surface area contributed by atoms with Crippen LogP contribution in [0.25, 0.3) is 0 Å². The third-order valence-electron chi connectivity index (χ3n) is 2.54. The second-order valence-electron chi connectivity index (χ2n) is 3.99. The quantitative estimate of drug-likeness (QED) is 0.697. The smallest absolute Gasteiger partial charge is 0.171 e. The monoisotopic (exact) mass is 230 g/mol. The molecule has 0 nitrogen and oxygen atoms in total. The van der Waals surface area contributed by atoms with Crippen molar-refractivity contribution >= 4 is 0 Å². The van der Waals surface area contributed by atoms with Crippen molar-refractivity contribution in [1.29, 1.82) is 0 Å². The second-order valence-corrected chi connectivity index (χ2v) is 3.99. The van der Waals surface area contributed by atoms with Gasteiger partial charge in [-0.15, -0.1) is 0 Å². The zero-order valence-corrected chi connectivity index (χ0v) is 9.48. The minimum Gasteiger partial charge on any atom is -0.171 e. The predicted molar refractivity (Wildman–Crippen MR) is 59.4 cm³/mol. The van der Waals surface area contributed by atoms with E-state index >= 15 is 0 Å². The first-order valence-electron chi connectivity index (χ1n) is 5.66. The molecule has 0 bridgehead atoms. The topological polar surface area (TPSA) is 0 Å². The van der Waals surface area contributed by atoms with E-state index in [0.717, 1.165) is 18.4 Å². The molecule has 0 aliphatic heterocycles. The lowest BCUT2D eigenvalue weighted by Crippen LogP contribution is -2.07. The Balaban J connectivity index is 2.52. The van der Waals surface area contributed by atoms with Gasteiger partial charge in [-0.2, -0.15) is 13.2 Å². The van der Waals surface area contributed by atoms with E-state index in [0.29, 0.717) is 6.42 Å². The molecule has 0 N–H and O–H groups in total. The van der Waals surface area contributed by atoms with Crippen LogP contribution in [-0.2, 0) is 12.8 Å². The molecule has 0 aliphatic rings. The van der Waals surface area contributed by atoms with Crippen molar-refractivity contribution in [3.8, 4) is 0 Å². The summed E-state index contributed by atoms with van der Waals surface area (Å²) in [7, 11) is 0. The normalized spacial score (nSPS) is 11.8. The molecule has 16 heavy (non-hydrogen) atoms. The van der Waals surface area contributed by atoms with Crippen molar-refractivity contribution in [3.63, 3.8) is 0 Å². The highest BCUT2D eigenvalue weighted by molar-refractivity contribution is 5.27. The van der Waals surface area contributed by atoms with Gasteiger partial charge in [0.1, 0.15) is 0 Å². The van der Waals surface area contributed by atoms with Gasteiger partial charge in [0.15, 0.2) is 0 Å².